The lowest BCUT2D eigenvalue weighted by atomic mass is 9.96. The minimum atomic E-state index is -4.98. The van der Waals surface area contributed by atoms with E-state index in [-0.39, 0.29) is 45.5 Å². The predicted molar refractivity (Wildman–Crippen MR) is 155 cm³/mol. The number of hydrogen-bond acceptors (Lipinski definition) is 3. The highest BCUT2D eigenvalue weighted by atomic mass is 35.5. The fourth-order valence-corrected chi connectivity index (χ4v) is 6.05. The second-order valence-electron chi connectivity index (χ2n) is 11.0. The minimum absolute atomic E-state index is 0.00506. The molecule has 0 bridgehead atoms. The van der Waals surface area contributed by atoms with Crippen molar-refractivity contribution in [2.24, 2.45) is 11.8 Å². The molecule has 1 saturated carbocycles. The van der Waals surface area contributed by atoms with Gasteiger partial charge in [0.25, 0.3) is 0 Å². The first-order valence-electron chi connectivity index (χ1n) is 13.3. The van der Waals surface area contributed by atoms with E-state index in [1.807, 2.05) is 0 Å². The number of anilines is 1. The molecule has 1 fully saturated rings. The minimum Gasteiger partial charge on any atom is -0.326 e. The third-order valence-corrected chi connectivity index (χ3v) is 8.42. The van der Waals surface area contributed by atoms with Crippen LogP contribution < -0.4 is 5.32 Å². The summed E-state index contributed by atoms with van der Waals surface area (Å²) in [6.07, 6.45) is -5.87. The maximum absolute atomic E-state index is 15.2. The van der Waals surface area contributed by atoms with Crippen LogP contribution >= 0.6 is 34.8 Å². The average molecular weight is 679 g/mol. The SMILES string of the molecule is CC(C)CC(=O)Cc1c(F)ccc(CC(=O)c2cc(NC(=O)[C@H]3[C@H](c4ccc(F)c(C(F)(F)F)c4)C3(Cl)Cl)ccc2Cl)c1F. The zero-order valence-electron chi connectivity index (χ0n) is 23.1. The highest BCUT2D eigenvalue weighted by Crippen LogP contribution is 2.65. The Hall–Kier alpha value is -3.08. The van der Waals surface area contributed by atoms with E-state index >= 15 is 4.39 Å². The average Bonchev–Trinajstić information content (AvgIpc) is 3.50. The normalized spacial score (nSPS) is 17.5. The number of Topliss-reactive ketones (excluding diaryl/α,β-unsaturated/α-hetero) is 2. The molecule has 44 heavy (non-hydrogen) atoms. The van der Waals surface area contributed by atoms with Crippen LogP contribution in [-0.2, 0) is 28.6 Å². The van der Waals surface area contributed by atoms with Gasteiger partial charge in [0.1, 0.15) is 27.6 Å². The van der Waals surface area contributed by atoms with Crippen molar-refractivity contribution in [3.63, 3.8) is 0 Å². The number of halogens is 9. The molecule has 234 valence electrons. The van der Waals surface area contributed by atoms with Gasteiger partial charge in [-0.3, -0.25) is 14.4 Å². The topological polar surface area (TPSA) is 63.2 Å². The van der Waals surface area contributed by atoms with Crippen LogP contribution in [0.2, 0.25) is 5.02 Å². The Labute approximate surface area is 263 Å². The number of benzene rings is 3. The van der Waals surface area contributed by atoms with Crippen molar-refractivity contribution in [3.8, 4) is 0 Å². The van der Waals surface area contributed by atoms with Crippen LogP contribution in [0.1, 0.15) is 58.8 Å². The van der Waals surface area contributed by atoms with Gasteiger partial charge >= 0.3 is 6.18 Å². The zero-order chi connectivity index (χ0) is 32.7. The molecule has 3 aromatic carbocycles. The number of alkyl halides is 5. The van der Waals surface area contributed by atoms with Gasteiger partial charge in [-0.2, -0.15) is 13.2 Å². The van der Waals surface area contributed by atoms with Crippen molar-refractivity contribution >= 4 is 58.0 Å². The standard InChI is InChI=1S/C31H24Cl3F6NO3/c1-14(2)9-18(42)13-20-23(35)7-4-16(28(20)37)11-25(43)19-12-17(5-6-22(19)32)41-29(44)27-26(30(27,33)34)15-3-8-24(36)21(10-15)31(38,39)40/h3-8,10,12,14,26-27H,9,11,13H2,1-2H3,(H,41,44)/t26-,27+/m0/s1. The van der Waals surface area contributed by atoms with Crippen molar-refractivity contribution in [1.29, 1.82) is 0 Å². The number of carbonyl (C=O) groups is 3. The molecule has 3 aromatic rings. The highest BCUT2D eigenvalue weighted by Gasteiger charge is 2.67. The first kappa shape index (κ1) is 33.8. The summed E-state index contributed by atoms with van der Waals surface area (Å²) in [5.74, 6) is -7.59. The van der Waals surface area contributed by atoms with E-state index in [1.54, 1.807) is 13.8 Å². The Morgan fingerprint density at radius 3 is 2.23 bits per heavy atom. The fourth-order valence-electron chi connectivity index (χ4n) is 5.00. The molecule has 4 rings (SSSR count). The van der Waals surface area contributed by atoms with Crippen molar-refractivity contribution in [2.45, 2.75) is 49.5 Å². The molecule has 1 aliphatic rings. The number of hydrogen-bond donors (Lipinski definition) is 1. The smallest absolute Gasteiger partial charge is 0.326 e. The van der Waals surface area contributed by atoms with Gasteiger partial charge in [-0.05, 0) is 53.4 Å². The summed E-state index contributed by atoms with van der Waals surface area (Å²) < 4.78 is 81.1. The Morgan fingerprint density at radius 2 is 1.59 bits per heavy atom. The van der Waals surface area contributed by atoms with Crippen molar-refractivity contribution < 1.29 is 40.7 Å². The molecule has 0 aromatic heterocycles. The number of ketones is 2. The van der Waals surface area contributed by atoms with Crippen LogP contribution in [0.15, 0.2) is 48.5 Å². The summed E-state index contributed by atoms with van der Waals surface area (Å²) in [5, 5.41) is 2.45. The summed E-state index contributed by atoms with van der Waals surface area (Å²) in [5.41, 5.74) is -2.30. The van der Waals surface area contributed by atoms with E-state index in [9.17, 15) is 36.3 Å². The van der Waals surface area contributed by atoms with Gasteiger partial charge in [0.15, 0.2) is 5.78 Å². The van der Waals surface area contributed by atoms with Crippen molar-refractivity contribution in [3.05, 3.63) is 98.8 Å². The number of carbonyl (C=O) groups excluding carboxylic acids is 3. The van der Waals surface area contributed by atoms with Gasteiger partial charge in [-0.25, -0.2) is 13.2 Å². The number of rotatable bonds is 10. The van der Waals surface area contributed by atoms with Gasteiger partial charge in [0.2, 0.25) is 5.91 Å². The second-order valence-corrected chi connectivity index (χ2v) is 12.8. The molecule has 13 heteroatoms. The van der Waals surface area contributed by atoms with Crippen molar-refractivity contribution in [2.75, 3.05) is 5.32 Å². The molecule has 0 spiro atoms. The van der Waals surface area contributed by atoms with Crippen LogP contribution in [0.5, 0.6) is 0 Å². The van der Waals surface area contributed by atoms with E-state index in [0.29, 0.717) is 12.1 Å². The molecule has 0 aliphatic heterocycles. The largest absolute Gasteiger partial charge is 0.419 e. The number of nitrogens with one attached hydrogen (secondary N) is 1. The molecule has 4 nitrogen and oxygen atoms in total. The van der Waals surface area contributed by atoms with Gasteiger partial charge in [-0.15, -0.1) is 23.2 Å². The van der Waals surface area contributed by atoms with Gasteiger partial charge < -0.3 is 5.32 Å². The summed E-state index contributed by atoms with van der Waals surface area (Å²) in [4.78, 5) is 38.4. The second kappa shape index (κ2) is 12.7. The maximum atomic E-state index is 15.2. The number of amides is 1. The molecule has 0 heterocycles. The van der Waals surface area contributed by atoms with Crippen LogP contribution in [0, 0.1) is 29.3 Å². The molecule has 0 saturated heterocycles. The molecular formula is C31H24Cl3F6NO3. The molecule has 2 atom stereocenters. The van der Waals surface area contributed by atoms with Crippen LogP contribution in [0.4, 0.5) is 32.0 Å². The van der Waals surface area contributed by atoms with E-state index < -0.39 is 75.5 Å². The van der Waals surface area contributed by atoms with E-state index in [2.05, 4.69) is 5.32 Å². The Bertz CT molecular complexity index is 1640. The van der Waals surface area contributed by atoms with Gasteiger partial charge in [0.05, 0.1) is 16.5 Å². The summed E-state index contributed by atoms with van der Waals surface area (Å²) in [6.45, 7) is 3.59. The highest BCUT2D eigenvalue weighted by molar-refractivity contribution is 6.53. The third-order valence-electron chi connectivity index (χ3n) is 7.15. The molecule has 0 radical (unpaired) electrons. The fraction of sp³-hybridized carbons (Fsp3) is 0.323. The Kier molecular flexibility index (Phi) is 9.78. The molecule has 1 N–H and O–H groups in total. The molecular weight excluding hydrogens is 655 g/mol. The van der Waals surface area contributed by atoms with Crippen molar-refractivity contribution in [1.82, 2.24) is 0 Å². The van der Waals surface area contributed by atoms with Crippen LogP contribution in [0.25, 0.3) is 0 Å². The molecule has 1 amide bonds. The van der Waals surface area contributed by atoms with Crippen LogP contribution in [0.3, 0.4) is 0 Å². The summed E-state index contributed by atoms with van der Waals surface area (Å²) in [7, 11) is 0. The molecule has 0 unspecified atom stereocenters. The van der Waals surface area contributed by atoms with Gasteiger partial charge in [-0.1, -0.05) is 37.6 Å². The van der Waals surface area contributed by atoms with Crippen LogP contribution in [-0.4, -0.2) is 21.8 Å². The first-order valence-corrected chi connectivity index (χ1v) is 14.4. The van der Waals surface area contributed by atoms with E-state index in [0.717, 1.165) is 18.2 Å². The predicted octanol–water partition coefficient (Wildman–Crippen LogP) is 8.89. The zero-order valence-corrected chi connectivity index (χ0v) is 25.4. The van der Waals surface area contributed by atoms with E-state index in [4.69, 9.17) is 34.8 Å². The molecule has 1 aliphatic carbocycles. The third kappa shape index (κ3) is 7.24. The Balaban J connectivity index is 1.51. The van der Waals surface area contributed by atoms with Gasteiger partial charge in [0, 0.05) is 42.0 Å². The monoisotopic (exact) mass is 677 g/mol. The first-order chi connectivity index (χ1) is 20.4. The summed E-state index contributed by atoms with van der Waals surface area (Å²) >= 11 is 18.7. The summed E-state index contributed by atoms with van der Waals surface area (Å²) in [6, 6.07) is 8.11. The lowest BCUT2D eigenvalue weighted by Crippen LogP contribution is -2.18. The Morgan fingerprint density at radius 1 is 0.932 bits per heavy atom. The maximum Gasteiger partial charge on any atom is 0.419 e. The van der Waals surface area contributed by atoms with E-state index in [1.165, 1.54) is 18.2 Å². The lowest BCUT2D eigenvalue weighted by molar-refractivity contribution is -0.140. The lowest BCUT2D eigenvalue weighted by Gasteiger charge is -2.12. The quantitative estimate of drug-likeness (QED) is 0.132.